The number of hydrogen-bond acceptors (Lipinski definition) is 4. The Morgan fingerprint density at radius 1 is 1.53 bits per heavy atom. The lowest BCUT2D eigenvalue weighted by atomic mass is 10.1. The summed E-state index contributed by atoms with van der Waals surface area (Å²) in [5.74, 6) is 0.320. The molecule has 0 aliphatic heterocycles. The minimum atomic E-state index is -3.00. The van der Waals surface area contributed by atoms with Crippen LogP contribution in [0.2, 0.25) is 0 Å². The molecule has 1 unspecified atom stereocenters. The molecule has 0 radical (unpaired) electrons. The van der Waals surface area contributed by atoms with E-state index in [0.717, 1.165) is 19.1 Å². The Balaban J connectivity index is 2.13. The van der Waals surface area contributed by atoms with Crippen LogP contribution in [-0.2, 0) is 14.6 Å². The third-order valence-electron chi connectivity index (χ3n) is 2.44. The first-order valence-electron chi connectivity index (χ1n) is 5.08. The molecular formula is C9H18N2O3S. The van der Waals surface area contributed by atoms with E-state index in [1.54, 1.807) is 0 Å². The molecule has 0 saturated heterocycles. The van der Waals surface area contributed by atoms with Crippen LogP contribution < -0.4 is 11.1 Å². The molecule has 0 heterocycles. The molecule has 1 rings (SSSR count). The molecule has 1 aliphatic carbocycles. The minimum absolute atomic E-state index is 0.0165. The predicted octanol–water partition coefficient (Wildman–Crippen LogP) is -0.725. The van der Waals surface area contributed by atoms with Gasteiger partial charge in [0.05, 0.1) is 5.75 Å². The molecule has 0 spiro atoms. The second-order valence-electron chi connectivity index (χ2n) is 4.19. The number of carbonyl (C=O) groups is 1. The normalized spacial score (nSPS) is 18.5. The van der Waals surface area contributed by atoms with Crippen LogP contribution in [0.3, 0.4) is 0 Å². The van der Waals surface area contributed by atoms with Gasteiger partial charge in [0.2, 0.25) is 5.91 Å². The van der Waals surface area contributed by atoms with Gasteiger partial charge in [0.25, 0.3) is 0 Å². The highest BCUT2D eigenvalue weighted by molar-refractivity contribution is 7.90. The molecule has 1 atom stereocenters. The van der Waals surface area contributed by atoms with Crippen molar-refractivity contribution >= 4 is 15.7 Å². The fourth-order valence-corrected chi connectivity index (χ4v) is 1.83. The van der Waals surface area contributed by atoms with E-state index in [9.17, 15) is 13.2 Å². The van der Waals surface area contributed by atoms with Gasteiger partial charge in [0.15, 0.2) is 0 Å². The van der Waals surface area contributed by atoms with Crippen molar-refractivity contribution in [3.8, 4) is 0 Å². The third-order valence-corrected chi connectivity index (χ3v) is 3.39. The number of amides is 1. The maximum atomic E-state index is 11.3. The van der Waals surface area contributed by atoms with Crippen LogP contribution in [0.25, 0.3) is 0 Å². The molecule has 1 amide bonds. The summed E-state index contributed by atoms with van der Waals surface area (Å²) in [5.41, 5.74) is 5.76. The van der Waals surface area contributed by atoms with Gasteiger partial charge < -0.3 is 11.1 Å². The van der Waals surface area contributed by atoms with Gasteiger partial charge in [-0.05, 0) is 18.8 Å². The average Bonchev–Trinajstić information content (AvgIpc) is 2.82. The van der Waals surface area contributed by atoms with Gasteiger partial charge in [-0.15, -0.1) is 0 Å². The van der Waals surface area contributed by atoms with E-state index in [-0.39, 0.29) is 24.2 Å². The van der Waals surface area contributed by atoms with E-state index in [1.807, 2.05) is 0 Å². The molecule has 0 bridgehead atoms. The Morgan fingerprint density at radius 2 is 2.13 bits per heavy atom. The summed E-state index contributed by atoms with van der Waals surface area (Å²) < 4.78 is 21.6. The summed E-state index contributed by atoms with van der Waals surface area (Å²) in [6.45, 7) is 0.176. The number of hydrogen-bond donors (Lipinski definition) is 2. The van der Waals surface area contributed by atoms with Crippen molar-refractivity contribution in [2.24, 2.45) is 11.7 Å². The molecule has 1 fully saturated rings. The van der Waals surface area contributed by atoms with Gasteiger partial charge in [0.1, 0.15) is 9.84 Å². The lowest BCUT2D eigenvalue weighted by Crippen LogP contribution is -2.35. The molecule has 0 aromatic carbocycles. The summed E-state index contributed by atoms with van der Waals surface area (Å²) in [6.07, 6.45) is 3.67. The molecule has 88 valence electrons. The summed E-state index contributed by atoms with van der Waals surface area (Å²) in [5, 5.41) is 2.55. The maximum absolute atomic E-state index is 11.3. The van der Waals surface area contributed by atoms with Gasteiger partial charge in [0, 0.05) is 25.3 Å². The Labute approximate surface area is 90.3 Å². The first kappa shape index (κ1) is 12.4. The number of carbonyl (C=O) groups excluding carboxylic acids is 1. The quantitative estimate of drug-likeness (QED) is 0.634. The van der Waals surface area contributed by atoms with Crippen LogP contribution in [0.1, 0.15) is 19.3 Å². The second kappa shape index (κ2) is 4.94. The maximum Gasteiger partial charge on any atom is 0.221 e. The molecule has 0 aromatic rings. The highest BCUT2D eigenvalue weighted by atomic mass is 32.2. The van der Waals surface area contributed by atoms with Crippen LogP contribution >= 0.6 is 0 Å². The molecule has 6 heteroatoms. The van der Waals surface area contributed by atoms with E-state index in [4.69, 9.17) is 5.73 Å². The Morgan fingerprint density at radius 3 is 2.60 bits per heavy atom. The smallest absolute Gasteiger partial charge is 0.221 e. The van der Waals surface area contributed by atoms with Gasteiger partial charge in [-0.2, -0.15) is 0 Å². The SMILES string of the molecule is CS(=O)(=O)CCNC(=O)CC(N)C1CC1. The minimum Gasteiger partial charge on any atom is -0.355 e. The highest BCUT2D eigenvalue weighted by Gasteiger charge is 2.29. The van der Waals surface area contributed by atoms with Crippen molar-refractivity contribution in [3.63, 3.8) is 0 Å². The zero-order valence-corrected chi connectivity index (χ0v) is 9.72. The fourth-order valence-electron chi connectivity index (χ4n) is 1.35. The monoisotopic (exact) mass is 234 g/mol. The number of nitrogens with two attached hydrogens (primary N) is 1. The molecule has 1 saturated carbocycles. The van der Waals surface area contributed by atoms with Crippen LogP contribution in [0.4, 0.5) is 0 Å². The molecule has 15 heavy (non-hydrogen) atoms. The first-order chi connectivity index (χ1) is 6.88. The zero-order valence-electron chi connectivity index (χ0n) is 8.90. The number of nitrogens with one attached hydrogen (secondary N) is 1. The van der Waals surface area contributed by atoms with Gasteiger partial charge in [-0.25, -0.2) is 8.42 Å². The summed E-state index contributed by atoms with van der Waals surface area (Å²) in [7, 11) is -3.00. The van der Waals surface area contributed by atoms with Crippen molar-refractivity contribution in [1.29, 1.82) is 0 Å². The average molecular weight is 234 g/mol. The van der Waals surface area contributed by atoms with Crippen molar-refractivity contribution in [2.75, 3.05) is 18.6 Å². The van der Waals surface area contributed by atoms with Crippen LogP contribution in [0, 0.1) is 5.92 Å². The lowest BCUT2D eigenvalue weighted by Gasteiger charge is -2.09. The van der Waals surface area contributed by atoms with Crippen molar-refractivity contribution in [2.45, 2.75) is 25.3 Å². The predicted molar refractivity (Wildman–Crippen MR) is 58.0 cm³/mol. The first-order valence-corrected chi connectivity index (χ1v) is 7.14. The molecular weight excluding hydrogens is 216 g/mol. The van der Waals surface area contributed by atoms with E-state index >= 15 is 0 Å². The Hall–Kier alpha value is -0.620. The second-order valence-corrected chi connectivity index (χ2v) is 6.44. The lowest BCUT2D eigenvalue weighted by molar-refractivity contribution is -0.121. The Bertz CT molecular complexity index is 322. The summed E-state index contributed by atoms with van der Waals surface area (Å²) in [6, 6.07) is -0.0665. The van der Waals surface area contributed by atoms with E-state index in [0.29, 0.717) is 12.3 Å². The van der Waals surface area contributed by atoms with Gasteiger partial charge >= 0.3 is 0 Å². The molecule has 0 aromatic heterocycles. The standard InChI is InChI=1S/C9H18N2O3S/c1-15(13,14)5-4-11-9(12)6-8(10)7-2-3-7/h7-8H,2-6,10H2,1H3,(H,11,12). The van der Waals surface area contributed by atoms with Crippen molar-refractivity contribution in [3.05, 3.63) is 0 Å². The van der Waals surface area contributed by atoms with Crippen molar-refractivity contribution < 1.29 is 13.2 Å². The van der Waals surface area contributed by atoms with Gasteiger partial charge in [-0.1, -0.05) is 0 Å². The topological polar surface area (TPSA) is 89.3 Å². The molecule has 3 N–H and O–H groups in total. The van der Waals surface area contributed by atoms with Crippen molar-refractivity contribution in [1.82, 2.24) is 5.32 Å². The number of sulfone groups is 1. The summed E-state index contributed by atoms with van der Waals surface area (Å²) >= 11 is 0. The Kier molecular flexibility index (Phi) is 4.10. The van der Waals surface area contributed by atoms with E-state index in [1.165, 1.54) is 0 Å². The fraction of sp³-hybridized carbons (Fsp3) is 0.889. The molecule has 5 nitrogen and oxygen atoms in total. The summed E-state index contributed by atoms with van der Waals surface area (Å²) in [4.78, 5) is 11.3. The largest absolute Gasteiger partial charge is 0.355 e. The third kappa shape index (κ3) is 5.74. The highest BCUT2D eigenvalue weighted by Crippen LogP contribution is 2.32. The molecule has 1 aliphatic rings. The number of rotatable bonds is 6. The zero-order chi connectivity index (χ0) is 11.5. The van der Waals surface area contributed by atoms with Gasteiger partial charge in [-0.3, -0.25) is 4.79 Å². The van der Waals surface area contributed by atoms with E-state index < -0.39 is 9.84 Å². The van der Waals surface area contributed by atoms with Crippen LogP contribution in [0.5, 0.6) is 0 Å². The van der Waals surface area contributed by atoms with Crippen LogP contribution in [0.15, 0.2) is 0 Å². The van der Waals surface area contributed by atoms with Crippen LogP contribution in [-0.4, -0.2) is 38.9 Å². The van der Waals surface area contributed by atoms with E-state index in [2.05, 4.69) is 5.32 Å².